The molecule has 1 aromatic carbocycles. The molecule has 4 amide bonds. The molecule has 2 aliphatic rings. The number of unbranched alkanes of at least 4 members (excludes halogenated alkanes) is 1. The van der Waals surface area contributed by atoms with Gasteiger partial charge in [0.05, 0.1) is 0 Å². The van der Waals surface area contributed by atoms with Gasteiger partial charge in [0, 0.05) is 19.8 Å². The number of hydrogen-bond acceptors (Lipinski definition) is 4. The number of nitrogens with zero attached hydrogens (tertiary/aromatic N) is 1. The van der Waals surface area contributed by atoms with E-state index < -0.39 is 11.6 Å². The van der Waals surface area contributed by atoms with Gasteiger partial charge in [-0.15, -0.1) is 0 Å². The number of aryl methyl sites for hydroxylation is 1. The third kappa shape index (κ3) is 4.19. The number of carbonyl (C=O) groups excluding carboxylic acids is 3. The number of fused-ring (bicyclic) bond motifs is 2. The third-order valence-corrected chi connectivity index (χ3v) is 5.38. The molecule has 1 saturated heterocycles. The lowest BCUT2D eigenvalue weighted by Gasteiger charge is -2.33. The second kappa shape index (κ2) is 9.19. The maximum absolute atomic E-state index is 13.1. The molecule has 1 atom stereocenters. The van der Waals surface area contributed by atoms with E-state index in [2.05, 4.69) is 17.6 Å². The van der Waals surface area contributed by atoms with Gasteiger partial charge in [-0.2, -0.15) is 0 Å². The lowest BCUT2D eigenvalue weighted by Crippen LogP contribution is -2.47. The van der Waals surface area contributed by atoms with E-state index in [1.807, 2.05) is 24.3 Å². The summed E-state index contributed by atoms with van der Waals surface area (Å²) in [5.74, 6) is -0.666. The highest BCUT2D eigenvalue weighted by molar-refractivity contribution is 6.09. The van der Waals surface area contributed by atoms with Crippen molar-refractivity contribution in [2.24, 2.45) is 0 Å². The van der Waals surface area contributed by atoms with Crippen molar-refractivity contribution in [1.29, 1.82) is 0 Å². The Kier molecular flexibility index (Phi) is 6.67. The van der Waals surface area contributed by atoms with Gasteiger partial charge in [-0.1, -0.05) is 37.6 Å². The Morgan fingerprint density at radius 3 is 2.86 bits per heavy atom. The van der Waals surface area contributed by atoms with Crippen molar-refractivity contribution in [2.75, 3.05) is 26.3 Å². The van der Waals surface area contributed by atoms with Gasteiger partial charge in [0.2, 0.25) is 5.91 Å². The molecule has 1 spiro atoms. The van der Waals surface area contributed by atoms with Crippen LogP contribution in [0, 0.1) is 0 Å². The molecule has 3 rings (SSSR count). The zero-order valence-electron chi connectivity index (χ0n) is 16.5. The topological polar surface area (TPSA) is 87.7 Å². The van der Waals surface area contributed by atoms with E-state index in [0.717, 1.165) is 48.3 Å². The van der Waals surface area contributed by atoms with Crippen LogP contribution in [0.15, 0.2) is 24.3 Å². The standard InChI is InChI=1S/C21H29N3O4/c1-2-3-13-28-14-7-12-22-18(25)15-24-19(26)21(23-20(24)27)11-6-9-16-8-4-5-10-17(16)21/h4-5,8,10H,2-3,6-7,9,11-15H2,1H3,(H,22,25)(H,23,27). The van der Waals surface area contributed by atoms with Gasteiger partial charge in [0.15, 0.2) is 0 Å². The first-order chi connectivity index (χ1) is 13.6. The molecule has 7 heteroatoms. The van der Waals surface area contributed by atoms with E-state index in [4.69, 9.17) is 4.74 Å². The predicted octanol–water partition coefficient (Wildman–Crippen LogP) is 2.09. The zero-order chi connectivity index (χ0) is 20.0. The van der Waals surface area contributed by atoms with Crippen molar-refractivity contribution in [3.05, 3.63) is 35.4 Å². The average molecular weight is 387 g/mol. The van der Waals surface area contributed by atoms with Crippen molar-refractivity contribution in [1.82, 2.24) is 15.5 Å². The van der Waals surface area contributed by atoms with Gasteiger partial charge in [-0.05, 0) is 43.2 Å². The largest absolute Gasteiger partial charge is 0.381 e. The van der Waals surface area contributed by atoms with Crippen LogP contribution in [-0.2, 0) is 26.3 Å². The average Bonchev–Trinajstić information content (AvgIpc) is 2.92. The molecule has 0 aromatic heterocycles. The molecule has 28 heavy (non-hydrogen) atoms. The molecule has 0 bridgehead atoms. The Hall–Kier alpha value is -2.41. The maximum atomic E-state index is 13.1. The number of ether oxygens (including phenoxy) is 1. The second-order valence-electron chi connectivity index (χ2n) is 7.41. The van der Waals surface area contributed by atoms with Crippen molar-refractivity contribution >= 4 is 17.8 Å². The summed E-state index contributed by atoms with van der Waals surface area (Å²) in [6.07, 6.45) is 5.09. The van der Waals surface area contributed by atoms with Crippen LogP contribution >= 0.6 is 0 Å². The summed E-state index contributed by atoms with van der Waals surface area (Å²) in [5.41, 5.74) is 0.905. The minimum atomic E-state index is -1.03. The number of rotatable bonds is 9. The summed E-state index contributed by atoms with van der Waals surface area (Å²) in [5, 5.41) is 5.62. The maximum Gasteiger partial charge on any atom is 0.325 e. The monoisotopic (exact) mass is 387 g/mol. The molecule has 2 N–H and O–H groups in total. The van der Waals surface area contributed by atoms with E-state index in [9.17, 15) is 14.4 Å². The van der Waals surface area contributed by atoms with Gasteiger partial charge in [0.25, 0.3) is 5.91 Å². The van der Waals surface area contributed by atoms with Crippen LogP contribution < -0.4 is 10.6 Å². The minimum absolute atomic E-state index is 0.259. The fraction of sp³-hybridized carbons (Fsp3) is 0.571. The number of imide groups is 1. The van der Waals surface area contributed by atoms with Crippen molar-refractivity contribution in [3.8, 4) is 0 Å². The first kappa shape index (κ1) is 20.3. The van der Waals surface area contributed by atoms with Crippen LogP contribution in [0.3, 0.4) is 0 Å². The zero-order valence-corrected chi connectivity index (χ0v) is 16.5. The molecular formula is C21H29N3O4. The van der Waals surface area contributed by atoms with Gasteiger partial charge in [0.1, 0.15) is 12.1 Å². The summed E-state index contributed by atoms with van der Waals surface area (Å²) in [7, 11) is 0. The molecule has 1 unspecified atom stereocenters. The highest BCUT2D eigenvalue weighted by atomic mass is 16.5. The number of amides is 4. The highest BCUT2D eigenvalue weighted by Gasteiger charge is 2.54. The molecule has 1 aromatic rings. The van der Waals surface area contributed by atoms with Gasteiger partial charge < -0.3 is 15.4 Å². The van der Waals surface area contributed by atoms with E-state index >= 15 is 0 Å². The van der Waals surface area contributed by atoms with Crippen LogP contribution in [-0.4, -0.2) is 49.0 Å². The molecule has 0 saturated carbocycles. The molecule has 152 valence electrons. The van der Waals surface area contributed by atoms with Crippen molar-refractivity contribution in [3.63, 3.8) is 0 Å². The van der Waals surface area contributed by atoms with E-state index in [1.54, 1.807) is 0 Å². The summed E-state index contributed by atoms with van der Waals surface area (Å²) >= 11 is 0. The summed E-state index contributed by atoms with van der Waals surface area (Å²) in [6, 6.07) is 7.21. The van der Waals surface area contributed by atoms with Gasteiger partial charge in [-0.25, -0.2) is 4.79 Å². The molecule has 1 heterocycles. The van der Waals surface area contributed by atoms with Crippen LogP contribution in [0.4, 0.5) is 4.79 Å². The lowest BCUT2D eigenvalue weighted by molar-refractivity contribution is -0.135. The summed E-state index contributed by atoms with van der Waals surface area (Å²) in [6.45, 7) is 3.63. The first-order valence-electron chi connectivity index (χ1n) is 10.2. The highest BCUT2D eigenvalue weighted by Crippen LogP contribution is 2.39. The van der Waals surface area contributed by atoms with E-state index in [1.165, 1.54) is 0 Å². The first-order valence-corrected chi connectivity index (χ1v) is 10.2. The summed E-state index contributed by atoms with van der Waals surface area (Å²) in [4.78, 5) is 38.8. The Bertz CT molecular complexity index is 736. The fourth-order valence-corrected chi connectivity index (χ4v) is 3.91. The van der Waals surface area contributed by atoms with Crippen molar-refractivity contribution in [2.45, 2.75) is 51.0 Å². The number of benzene rings is 1. The Balaban J connectivity index is 1.54. The Morgan fingerprint density at radius 1 is 1.25 bits per heavy atom. The lowest BCUT2D eigenvalue weighted by atomic mass is 9.76. The quantitative estimate of drug-likeness (QED) is 0.502. The number of carbonyl (C=O) groups is 3. The van der Waals surface area contributed by atoms with Crippen LogP contribution in [0.2, 0.25) is 0 Å². The van der Waals surface area contributed by atoms with Gasteiger partial charge >= 0.3 is 6.03 Å². The normalized spacial score (nSPS) is 21.0. The molecule has 7 nitrogen and oxygen atoms in total. The van der Waals surface area contributed by atoms with Crippen LogP contribution in [0.1, 0.15) is 50.2 Å². The van der Waals surface area contributed by atoms with Crippen LogP contribution in [0.5, 0.6) is 0 Å². The van der Waals surface area contributed by atoms with Crippen molar-refractivity contribution < 1.29 is 19.1 Å². The minimum Gasteiger partial charge on any atom is -0.381 e. The second-order valence-corrected chi connectivity index (χ2v) is 7.41. The Morgan fingerprint density at radius 2 is 2.04 bits per heavy atom. The molecule has 1 fully saturated rings. The van der Waals surface area contributed by atoms with E-state index in [0.29, 0.717) is 26.0 Å². The number of urea groups is 1. The number of hydrogen-bond donors (Lipinski definition) is 2. The molecule has 0 radical (unpaired) electrons. The predicted molar refractivity (Wildman–Crippen MR) is 105 cm³/mol. The number of nitrogens with one attached hydrogen (secondary N) is 2. The fourth-order valence-electron chi connectivity index (χ4n) is 3.91. The van der Waals surface area contributed by atoms with E-state index in [-0.39, 0.29) is 18.4 Å². The van der Waals surface area contributed by atoms with Crippen LogP contribution in [0.25, 0.3) is 0 Å². The molecule has 1 aliphatic carbocycles. The smallest absolute Gasteiger partial charge is 0.325 e. The summed E-state index contributed by atoms with van der Waals surface area (Å²) < 4.78 is 5.45. The van der Waals surface area contributed by atoms with Gasteiger partial charge in [-0.3, -0.25) is 14.5 Å². The SMILES string of the molecule is CCCCOCCCNC(=O)CN1C(=O)NC2(CCCc3ccccc32)C1=O. The Labute approximate surface area is 165 Å². The molecular weight excluding hydrogens is 358 g/mol. The molecule has 1 aliphatic heterocycles. The third-order valence-electron chi connectivity index (χ3n) is 5.38.